The smallest absolute Gasteiger partial charge is 0.246 e. The van der Waals surface area contributed by atoms with Gasteiger partial charge in [-0.3, -0.25) is 43.2 Å². The summed E-state index contributed by atoms with van der Waals surface area (Å²) < 4.78 is 0. The van der Waals surface area contributed by atoms with Crippen LogP contribution in [0.15, 0.2) is 182 Å². The predicted molar refractivity (Wildman–Crippen MR) is 472 cm³/mol. The lowest BCUT2D eigenvalue weighted by Crippen LogP contribution is -2.57. The first kappa shape index (κ1) is 92.2. The maximum absolute atomic E-state index is 14.3. The Morgan fingerprint density at radius 1 is 0.353 bits per heavy atom. The largest absolute Gasteiger partial charge is 0.343 e. The van der Waals surface area contributed by atoms with Crippen LogP contribution < -0.4 is 42.5 Å². The number of fused-ring (bicyclic) bond motifs is 3. The zero-order chi connectivity index (χ0) is 84.9. The summed E-state index contributed by atoms with van der Waals surface area (Å²) >= 11 is 0. The molecule has 0 unspecified atom stereocenters. The molecule has 6 aliphatic heterocycles. The molecule has 6 aliphatic rings. The van der Waals surface area contributed by atoms with Gasteiger partial charge in [-0.1, -0.05) is 210 Å². The van der Waals surface area contributed by atoms with Crippen molar-refractivity contribution in [1.82, 2.24) is 62.1 Å². The maximum atomic E-state index is 14.3. The van der Waals surface area contributed by atoms with E-state index in [9.17, 15) is 43.2 Å². The van der Waals surface area contributed by atoms with Gasteiger partial charge in [-0.15, -0.1) is 0 Å². The summed E-state index contributed by atoms with van der Waals surface area (Å²) in [4.78, 5) is 132. The highest BCUT2D eigenvalue weighted by atomic mass is 16.2. The molecule has 6 fully saturated rings. The Labute approximate surface area is 708 Å². The van der Waals surface area contributed by atoms with Crippen LogP contribution in [0.4, 0.5) is 0 Å². The molecule has 21 nitrogen and oxygen atoms in total. The number of carbonyl (C=O) groups is 9. The Bertz CT molecular complexity index is 4040. The molecule has 8 N–H and O–H groups in total. The van der Waals surface area contributed by atoms with Gasteiger partial charge in [0.1, 0.15) is 18.1 Å². The molecule has 12 rings (SSSR count). The monoisotopic (exact) mass is 1630 g/mol. The van der Waals surface area contributed by atoms with Crippen LogP contribution in [0.3, 0.4) is 0 Å². The van der Waals surface area contributed by atoms with E-state index in [1.807, 2.05) is 166 Å². The van der Waals surface area contributed by atoms with Crippen LogP contribution in [0.2, 0.25) is 0 Å². The molecule has 6 amide bonds. The molecule has 0 spiro atoms. The minimum atomic E-state index is -0.620. The van der Waals surface area contributed by atoms with Gasteiger partial charge < -0.3 is 62.1 Å². The highest BCUT2D eigenvalue weighted by molar-refractivity contribution is 5.98. The van der Waals surface area contributed by atoms with Gasteiger partial charge in [-0.05, 0) is 235 Å². The zero-order valence-electron chi connectivity index (χ0n) is 72.4. The van der Waals surface area contributed by atoms with E-state index in [-0.39, 0.29) is 125 Å². The van der Waals surface area contributed by atoms with Gasteiger partial charge in [-0.25, -0.2) is 0 Å². The van der Waals surface area contributed by atoms with Gasteiger partial charge >= 0.3 is 0 Å². The molecule has 6 aromatic carbocycles. The Kier molecular flexibility index (Phi) is 36.1. The van der Waals surface area contributed by atoms with Crippen LogP contribution in [0.25, 0.3) is 0 Å². The molecule has 21 heteroatoms. The number of likely N-dealkylation sites (N-methyl/N-ethyl adjacent to an activating group) is 3. The third kappa shape index (κ3) is 24.2. The second-order valence-corrected chi connectivity index (χ2v) is 34.0. The van der Waals surface area contributed by atoms with Gasteiger partial charge in [0.05, 0.1) is 36.3 Å². The number of benzene rings is 6. The van der Waals surface area contributed by atoms with Gasteiger partial charge in [0, 0.05) is 55.1 Å². The Balaban J connectivity index is 0.000000188. The molecule has 0 aliphatic carbocycles. The van der Waals surface area contributed by atoms with E-state index in [0.717, 1.165) is 137 Å². The van der Waals surface area contributed by atoms with Crippen LogP contribution in [-0.4, -0.2) is 213 Å². The highest BCUT2D eigenvalue weighted by Gasteiger charge is 2.51. The van der Waals surface area contributed by atoms with Crippen LogP contribution in [0.5, 0.6) is 0 Å². The van der Waals surface area contributed by atoms with Crippen molar-refractivity contribution in [1.29, 1.82) is 0 Å². The van der Waals surface area contributed by atoms with Crippen molar-refractivity contribution in [2.75, 3.05) is 68.5 Å². The highest BCUT2D eigenvalue weighted by Crippen LogP contribution is 2.42. The first-order valence-corrected chi connectivity index (χ1v) is 44.6. The van der Waals surface area contributed by atoms with Gasteiger partial charge in [0.15, 0.2) is 17.3 Å². The van der Waals surface area contributed by atoms with Crippen molar-refractivity contribution in [3.63, 3.8) is 0 Å². The molecule has 0 aromatic heterocycles. The average Bonchev–Trinajstić information content (AvgIpc) is 1.65. The van der Waals surface area contributed by atoms with Crippen LogP contribution in [-0.2, 0) is 43.2 Å². The third-order valence-electron chi connectivity index (χ3n) is 26.4. The summed E-state index contributed by atoms with van der Waals surface area (Å²) in [6, 6.07) is 56.8. The zero-order valence-corrected chi connectivity index (χ0v) is 72.4. The summed E-state index contributed by atoms with van der Waals surface area (Å²) in [5, 5.41) is 25.1. The Morgan fingerprint density at radius 3 is 0.840 bits per heavy atom. The summed E-state index contributed by atoms with van der Waals surface area (Å²) in [5.41, 5.74) is 6.61. The van der Waals surface area contributed by atoms with Crippen LogP contribution >= 0.6 is 0 Å². The van der Waals surface area contributed by atoms with E-state index >= 15 is 0 Å². The molecule has 119 heavy (non-hydrogen) atoms. The predicted octanol–water partition coefficient (Wildman–Crippen LogP) is 11.7. The minimum Gasteiger partial charge on any atom is -0.343 e. The van der Waals surface area contributed by atoms with Gasteiger partial charge in [0.2, 0.25) is 35.4 Å². The van der Waals surface area contributed by atoms with E-state index < -0.39 is 36.3 Å². The molecule has 6 aromatic rings. The lowest BCUT2D eigenvalue weighted by molar-refractivity contribution is -0.143. The number of Topliss-reactive ketones (excluding diaryl/α,β-unsaturated/α-hetero) is 3. The maximum Gasteiger partial charge on any atom is 0.246 e. The second kappa shape index (κ2) is 46.6. The molecule has 15 atom stereocenters. The quantitative estimate of drug-likeness (QED) is 0.0169. The summed E-state index contributed by atoms with van der Waals surface area (Å²) in [6.45, 7) is 11.2. The minimum absolute atomic E-state index is 0.0333. The third-order valence-corrected chi connectivity index (χ3v) is 26.4. The number of hydrogen-bond donors (Lipinski definition) is 8. The first-order chi connectivity index (χ1) is 57.8. The van der Waals surface area contributed by atoms with Crippen molar-refractivity contribution in [2.24, 2.45) is 17.8 Å². The normalized spacial score (nSPS) is 23.6. The average molecular weight is 1630 g/mol. The Morgan fingerprint density at radius 2 is 0.605 bits per heavy atom. The van der Waals surface area contributed by atoms with Crippen LogP contribution in [0.1, 0.15) is 214 Å². The SMILES string of the molecule is CCNCC[C@H]1CC[C@H]2CC[C@@H](C(=O)CC(c3ccccc3)c3ccccc3)N2C(=O)[C@H]1NC(=O)[C@H](CC)NC.CC[C@H](NC)C(=O)N[C@@H]1C(=O)N2[C@@H](CC[C@@H]1CCN(C)C)CC[C@H]2C(=O)CC(c1ccccc1)c1ccccc1.CC[C@H](NC)C(=O)N[C@@H]1C(=O)N2[C@@H](CC[C@@H]1CCNC)CC[C@H]2C(=O)CC(c1ccccc1)c1ccccc1. The number of nitrogens with one attached hydrogen (secondary N) is 8. The molecule has 0 saturated carbocycles. The first-order valence-electron chi connectivity index (χ1n) is 44.6. The van der Waals surface area contributed by atoms with Crippen molar-refractivity contribution in [3.8, 4) is 0 Å². The molecule has 6 heterocycles. The number of nitrogens with zero attached hydrogens (tertiary/aromatic N) is 4. The van der Waals surface area contributed by atoms with E-state index in [4.69, 9.17) is 0 Å². The van der Waals surface area contributed by atoms with Crippen LogP contribution in [0, 0.1) is 17.8 Å². The van der Waals surface area contributed by atoms with Crippen molar-refractivity contribution >= 4 is 52.8 Å². The molecular weight excluding hydrogens is 1490 g/mol. The Hall–Kier alpha value is -9.09. The fourth-order valence-corrected chi connectivity index (χ4v) is 19.7. The van der Waals surface area contributed by atoms with Crippen molar-refractivity contribution in [2.45, 2.75) is 253 Å². The molecule has 642 valence electrons. The van der Waals surface area contributed by atoms with Gasteiger partial charge in [0.25, 0.3) is 0 Å². The van der Waals surface area contributed by atoms with Gasteiger partial charge in [-0.2, -0.15) is 0 Å². The second-order valence-electron chi connectivity index (χ2n) is 34.0. The number of rotatable bonds is 37. The van der Waals surface area contributed by atoms with E-state index in [0.29, 0.717) is 57.8 Å². The van der Waals surface area contributed by atoms with E-state index in [2.05, 4.69) is 127 Å². The summed E-state index contributed by atoms with van der Waals surface area (Å²) in [6.07, 6.45) is 15.1. The summed E-state index contributed by atoms with van der Waals surface area (Å²) in [5.74, 6) is -0.505. The molecule has 0 radical (unpaired) electrons. The number of carbonyl (C=O) groups excluding carboxylic acids is 9. The number of hydrogen-bond acceptors (Lipinski definition) is 15. The number of amides is 6. The lowest BCUT2D eigenvalue weighted by Gasteiger charge is -2.33. The summed E-state index contributed by atoms with van der Waals surface area (Å²) in [7, 11) is 11.3. The molecule has 6 saturated heterocycles. The molecule has 0 bridgehead atoms. The van der Waals surface area contributed by atoms with E-state index in [1.165, 1.54) is 0 Å². The van der Waals surface area contributed by atoms with E-state index in [1.54, 1.807) is 21.1 Å². The topological polar surface area (TPSA) is 263 Å². The van der Waals surface area contributed by atoms with Crippen molar-refractivity contribution < 1.29 is 43.2 Å². The fourth-order valence-electron chi connectivity index (χ4n) is 19.7. The lowest BCUT2D eigenvalue weighted by atomic mass is 9.85. The molecular formula is C98H136N12O9. The fraction of sp³-hybridized carbons (Fsp3) is 0.541. The number of ketones is 3. The van der Waals surface area contributed by atoms with Crippen molar-refractivity contribution in [3.05, 3.63) is 215 Å². The standard InChI is InChI=1S/2C33H46N4O3.C32H44N4O3/c1-5-28(34-2)32(39)35-31-25(20-21-36(3)4)16-17-26-18-19-29(37(26)33(31)40)30(38)22-27(23-12-8-6-9-13-23)24-14-10-7-11-15-24;1-4-28(34-3)32(39)36-31-25(20-21-35-5-2)16-17-26-18-19-29(37(26)33(31)40)30(38)22-27(23-12-8-6-9-13-23)24-14-10-7-11-15-24;1-4-27(34-3)31(38)35-30-24(19-20-33-2)15-16-25-17-18-28(36(25)32(30)39)29(37)21-26(22-11-7-5-8-12-22)23-13-9-6-10-14-23/h6-15,25-29,31,34H,5,16-22H2,1-4H3,(H,35,39);6-15,25-29,31,34-35H,4-5,16-22H2,1-3H3,(H,36,39);5-14,24-28,30,33-34H,4,15-21H2,1-3H3,(H,35,38)/t2*25-,26+,28+,29+,31+;24-,25+,27+,28+,30+/m111/s1.